The van der Waals surface area contributed by atoms with Crippen molar-refractivity contribution in [2.45, 2.75) is 0 Å². The van der Waals surface area contributed by atoms with Crippen LogP contribution in [0.1, 0.15) is 0 Å². The van der Waals surface area contributed by atoms with Crippen LogP contribution in [0.25, 0.3) is 42.3 Å². The van der Waals surface area contributed by atoms with Gasteiger partial charge in [0, 0.05) is 26.4 Å². The zero-order valence-electron chi connectivity index (χ0n) is 19.5. The predicted molar refractivity (Wildman–Crippen MR) is 159 cm³/mol. The first-order chi connectivity index (χ1) is 17.9. The molecule has 0 amide bonds. The Balaban J connectivity index is 1.47. The number of pyridine rings is 1. The molecule has 0 saturated heterocycles. The second kappa shape index (κ2) is 8.99. The van der Waals surface area contributed by atoms with Crippen LogP contribution in [0.5, 0.6) is 0 Å². The van der Waals surface area contributed by atoms with Crippen molar-refractivity contribution in [2.24, 2.45) is 0 Å². The van der Waals surface area contributed by atoms with Gasteiger partial charge in [0.15, 0.2) is 0 Å². The number of rotatable bonds is 4. The largest absolute Gasteiger partial charge is 0.246 e. The molecule has 1 nitrogen and oxygen atoms in total. The smallest absolute Gasteiger partial charge is 0.0902 e. The molecule has 5 aromatic carbocycles. The molecule has 170 valence electrons. The number of fused-ring (bicyclic) bond motifs is 5. The van der Waals surface area contributed by atoms with Crippen LogP contribution >= 0.6 is 19.3 Å². The molecule has 0 aliphatic rings. The Kier molecular flexibility index (Phi) is 5.35. The van der Waals surface area contributed by atoms with Crippen molar-refractivity contribution in [1.82, 2.24) is 4.98 Å². The Bertz CT molecular complexity index is 1800. The standard InChI is InChI=1S/C33H22NPS/c1-3-13-24(14-4-1)35(25-15-5-2-6-16-25)26-17-11-12-23(22-26)31-27-18-7-8-19-28(27)33-32(34-31)29-20-9-10-21-30(29)36-33/h1-22H. The molecule has 7 aromatic rings. The van der Waals surface area contributed by atoms with Crippen molar-refractivity contribution in [3.05, 3.63) is 133 Å². The summed E-state index contributed by atoms with van der Waals surface area (Å²) in [7, 11) is -0.675. The summed E-state index contributed by atoms with van der Waals surface area (Å²) in [5, 5.41) is 7.76. The molecular weight excluding hydrogens is 473 g/mol. The van der Waals surface area contributed by atoms with E-state index >= 15 is 0 Å². The lowest BCUT2D eigenvalue weighted by Crippen LogP contribution is -2.20. The molecule has 0 fully saturated rings. The summed E-state index contributed by atoms with van der Waals surface area (Å²) < 4.78 is 2.55. The normalized spacial score (nSPS) is 11.6. The Labute approximate surface area is 215 Å². The Hall–Kier alpha value is -3.84. The quantitative estimate of drug-likeness (QED) is 0.225. The minimum absolute atomic E-state index is 0.675. The fraction of sp³-hybridized carbons (Fsp3) is 0. The van der Waals surface area contributed by atoms with E-state index in [1.807, 2.05) is 11.3 Å². The molecule has 2 aromatic heterocycles. The van der Waals surface area contributed by atoms with Gasteiger partial charge in [-0.05, 0) is 36.0 Å². The zero-order valence-corrected chi connectivity index (χ0v) is 21.2. The van der Waals surface area contributed by atoms with Gasteiger partial charge in [-0.2, -0.15) is 0 Å². The van der Waals surface area contributed by atoms with Crippen molar-refractivity contribution >= 4 is 66.2 Å². The van der Waals surface area contributed by atoms with Crippen LogP contribution in [0.4, 0.5) is 0 Å². The lowest BCUT2D eigenvalue weighted by Gasteiger charge is -2.20. The Morgan fingerprint density at radius 1 is 0.500 bits per heavy atom. The van der Waals surface area contributed by atoms with E-state index in [1.165, 1.54) is 47.0 Å². The molecule has 0 spiro atoms. The lowest BCUT2D eigenvalue weighted by atomic mass is 10.0. The third kappa shape index (κ3) is 3.62. The van der Waals surface area contributed by atoms with Gasteiger partial charge in [0.2, 0.25) is 0 Å². The highest BCUT2D eigenvalue weighted by atomic mass is 32.1. The van der Waals surface area contributed by atoms with Crippen LogP contribution < -0.4 is 15.9 Å². The van der Waals surface area contributed by atoms with Gasteiger partial charge in [-0.3, -0.25) is 0 Å². The van der Waals surface area contributed by atoms with Crippen molar-refractivity contribution in [3.8, 4) is 11.3 Å². The van der Waals surface area contributed by atoms with Gasteiger partial charge in [-0.15, -0.1) is 11.3 Å². The summed E-state index contributed by atoms with van der Waals surface area (Å²) in [6.45, 7) is 0. The number of hydrogen-bond donors (Lipinski definition) is 0. The first-order valence-electron chi connectivity index (χ1n) is 12.1. The van der Waals surface area contributed by atoms with Crippen LogP contribution in [0.2, 0.25) is 0 Å². The maximum Gasteiger partial charge on any atom is 0.0902 e. The third-order valence-electron chi connectivity index (χ3n) is 6.63. The van der Waals surface area contributed by atoms with Gasteiger partial charge in [0.05, 0.1) is 15.9 Å². The fourth-order valence-corrected chi connectivity index (χ4v) is 8.52. The van der Waals surface area contributed by atoms with Gasteiger partial charge in [0.25, 0.3) is 0 Å². The van der Waals surface area contributed by atoms with Crippen molar-refractivity contribution in [3.63, 3.8) is 0 Å². The number of hydrogen-bond acceptors (Lipinski definition) is 2. The molecular formula is C33H22NPS. The topological polar surface area (TPSA) is 12.9 Å². The maximum absolute atomic E-state index is 5.33. The SMILES string of the molecule is c1ccc(P(c2ccccc2)c2cccc(-c3nc4c5ccccc5sc4c4ccccc34)c2)cc1. The highest BCUT2D eigenvalue weighted by Crippen LogP contribution is 2.41. The molecule has 7 rings (SSSR count). The summed E-state index contributed by atoms with van der Waals surface area (Å²) >= 11 is 1.84. The first kappa shape index (κ1) is 21.4. The zero-order chi connectivity index (χ0) is 23.9. The van der Waals surface area contributed by atoms with Gasteiger partial charge in [-0.1, -0.05) is 121 Å². The number of aromatic nitrogens is 1. The van der Waals surface area contributed by atoms with Crippen LogP contribution in [-0.2, 0) is 0 Å². The van der Waals surface area contributed by atoms with E-state index in [0.717, 1.165) is 11.2 Å². The molecule has 0 aliphatic heterocycles. The van der Waals surface area contributed by atoms with Gasteiger partial charge >= 0.3 is 0 Å². The van der Waals surface area contributed by atoms with Gasteiger partial charge < -0.3 is 0 Å². The Morgan fingerprint density at radius 2 is 1.08 bits per heavy atom. The number of thiophene rings is 1. The average Bonchev–Trinajstić information content (AvgIpc) is 3.33. The molecule has 0 bridgehead atoms. The summed E-state index contributed by atoms with van der Waals surface area (Å²) in [4.78, 5) is 5.33. The van der Waals surface area contributed by atoms with Crippen molar-refractivity contribution in [2.75, 3.05) is 0 Å². The van der Waals surface area contributed by atoms with E-state index in [4.69, 9.17) is 4.98 Å². The van der Waals surface area contributed by atoms with E-state index in [1.54, 1.807) is 0 Å². The van der Waals surface area contributed by atoms with E-state index < -0.39 is 7.92 Å². The molecule has 36 heavy (non-hydrogen) atoms. The van der Waals surface area contributed by atoms with Gasteiger partial charge in [-0.25, -0.2) is 4.98 Å². The lowest BCUT2D eigenvalue weighted by molar-refractivity contribution is 1.45. The van der Waals surface area contributed by atoms with Crippen molar-refractivity contribution < 1.29 is 0 Å². The molecule has 0 N–H and O–H groups in total. The molecule has 0 unspecified atom stereocenters. The molecule has 3 heteroatoms. The van der Waals surface area contributed by atoms with E-state index in [-0.39, 0.29) is 0 Å². The highest BCUT2D eigenvalue weighted by molar-refractivity contribution is 7.79. The molecule has 0 saturated carbocycles. The monoisotopic (exact) mass is 495 g/mol. The summed E-state index contributed by atoms with van der Waals surface area (Å²) in [6.07, 6.45) is 0. The van der Waals surface area contributed by atoms with Crippen LogP contribution in [0.15, 0.2) is 133 Å². The molecule has 0 atom stereocenters. The highest BCUT2D eigenvalue weighted by Gasteiger charge is 2.19. The summed E-state index contributed by atoms with van der Waals surface area (Å²) in [5.74, 6) is 0. The van der Waals surface area contributed by atoms with Crippen LogP contribution in [0.3, 0.4) is 0 Å². The van der Waals surface area contributed by atoms with Crippen LogP contribution in [0, 0.1) is 0 Å². The second-order valence-corrected chi connectivity index (χ2v) is 12.1. The second-order valence-electron chi connectivity index (χ2n) is 8.84. The minimum Gasteiger partial charge on any atom is -0.246 e. The maximum atomic E-state index is 5.33. The Morgan fingerprint density at radius 3 is 1.81 bits per heavy atom. The van der Waals surface area contributed by atoms with E-state index in [0.29, 0.717) is 0 Å². The molecule has 0 radical (unpaired) electrons. The molecule has 2 heterocycles. The first-order valence-corrected chi connectivity index (χ1v) is 14.2. The number of nitrogens with zero attached hydrogens (tertiary/aromatic N) is 1. The summed E-state index contributed by atoms with van der Waals surface area (Å²) in [5.41, 5.74) is 3.32. The van der Waals surface area contributed by atoms with E-state index in [9.17, 15) is 0 Å². The predicted octanol–water partition coefficient (Wildman–Crippen LogP) is 8.03. The average molecular weight is 496 g/mol. The van der Waals surface area contributed by atoms with Crippen molar-refractivity contribution in [1.29, 1.82) is 0 Å². The molecule has 0 aliphatic carbocycles. The minimum atomic E-state index is -0.675. The summed E-state index contributed by atoms with van der Waals surface area (Å²) in [6, 6.07) is 48.1. The van der Waals surface area contributed by atoms with Crippen LogP contribution in [-0.4, -0.2) is 4.98 Å². The fourth-order valence-electron chi connectivity index (χ4n) is 5.00. The number of benzene rings is 5. The van der Waals surface area contributed by atoms with Gasteiger partial charge in [0.1, 0.15) is 0 Å². The third-order valence-corrected chi connectivity index (χ3v) is 10.2. The van der Waals surface area contributed by atoms with E-state index in [2.05, 4.69) is 133 Å².